The molecule has 4 atom stereocenters. The smallest absolute Gasteiger partial charge is 0.407 e. The molecule has 1 aromatic rings. The van der Waals surface area contributed by atoms with E-state index in [0.29, 0.717) is 29.4 Å². The standard InChI is InChI=1S/C24H29N5O8S/c1-12-19-18(13(2)30)22(31)28(19)20(23(32)33)21(12)38-16-9-27(10-16)17(25)7-8-26-24(34)37-11-14-3-5-15(6-4-14)29(35)36/h3-6,12-13,16,18-19,25,30H,7-11H2,1-2H3,(H,26,34)(H,32,33)/t12-,13-,18-,19-/m1/s1. The van der Waals surface area contributed by atoms with Gasteiger partial charge in [0.1, 0.15) is 12.3 Å². The molecule has 0 bridgehead atoms. The van der Waals surface area contributed by atoms with E-state index in [1.165, 1.54) is 40.9 Å². The first-order valence-electron chi connectivity index (χ1n) is 12.1. The molecule has 0 spiro atoms. The van der Waals surface area contributed by atoms with Crippen LogP contribution in [0.4, 0.5) is 10.5 Å². The number of thioether (sulfide) groups is 1. The number of β-lactam (4-membered cyclic amide) rings is 1. The maximum atomic E-state index is 12.5. The minimum atomic E-state index is -1.16. The molecular weight excluding hydrogens is 518 g/mol. The quantitative estimate of drug-likeness (QED) is 0.111. The first kappa shape index (κ1) is 27.4. The predicted molar refractivity (Wildman–Crippen MR) is 136 cm³/mol. The number of rotatable bonds is 10. The number of nitro benzene ring substituents is 1. The third-order valence-corrected chi connectivity index (χ3v) is 8.43. The molecule has 0 aliphatic carbocycles. The van der Waals surface area contributed by atoms with Crippen LogP contribution in [0.5, 0.6) is 0 Å². The number of fused-ring (bicyclic) bond motifs is 1. The van der Waals surface area contributed by atoms with Crippen molar-refractivity contribution >= 4 is 41.3 Å². The van der Waals surface area contributed by atoms with Crippen molar-refractivity contribution in [2.45, 2.75) is 44.3 Å². The number of aliphatic hydroxyl groups excluding tert-OH is 1. The van der Waals surface area contributed by atoms with E-state index in [-0.39, 0.29) is 54.1 Å². The van der Waals surface area contributed by atoms with Crippen LogP contribution in [0.2, 0.25) is 0 Å². The predicted octanol–water partition coefficient (Wildman–Crippen LogP) is 1.76. The summed E-state index contributed by atoms with van der Waals surface area (Å²) >= 11 is 1.42. The summed E-state index contributed by atoms with van der Waals surface area (Å²) in [6.07, 6.45) is -1.23. The molecule has 0 radical (unpaired) electrons. The second kappa shape index (κ2) is 11.0. The molecule has 14 heteroatoms. The van der Waals surface area contributed by atoms with Crippen LogP contribution in [0.25, 0.3) is 0 Å². The second-order valence-corrected chi connectivity index (χ2v) is 10.9. The maximum Gasteiger partial charge on any atom is 0.407 e. The van der Waals surface area contributed by atoms with Crippen LogP contribution in [0, 0.1) is 27.4 Å². The number of carbonyl (C=O) groups excluding carboxylic acids is 2. The van der Waals surface area contributed by atoms with Crippen molar-refractivity contribution in [1.82, 2.24) is 15.1 Å². The zero-order valence-corrected chi connectivity index (χ0v) is 21.6. The number of nitrogens with one attached hydrogen (secondary N) is 2. The van der Waals surface area contributed by atoms with Crippen molar-refractivity contribution < 1.29 is 34.3 Å². The number of likely N-dealkylation sites (tertiary alicyclic amines) is 1. The molecule has 13 nitrogen and oxygen atoms in total. The number of alkyl carbamates (subject to hydrolysis) is 1. The molecular formula is C24H29N5O8S. The fourth-order valence-electron chi connectivity index (χ4n) is 4.95. The molecule has 4 N–H and O–H groups in total. The lowest BCUT2D eigenvalue weighted by Gasteiger charge is -2.46. The summed E-state index contributed by atoms with van der Waals surface area (Å²) in [5, 5.41) is 41.3. The van der Waals surface area contributed by atoms with Gasteiger partial charge in [-0.15, -0.1) is 11.8 Å². The summed E-state index contributed by atoms with van der Waals surface area (Å²) in [5.74, 6) is -1.98. The Kier molecular flexibility index (Phi) is 7.92. The Morgan fingerprint density at radius 3 is 2.55 bits per heavy atom. The highest BCUT2D eigenvalue weighted by Gasteiger charge is 2.60. The van der Waals surface area contributed by atoms with Gasteiger partial charge >= 0.3 is 12.1 Å². The van der Waals surface area contributed by atoms with Gasteiger partial charge in [0, 0.05) is 54.3 Å². The van der Waals surface area contributed by atoms with Crippen LogP contribution in [0.15, 0.2) is 34.9 Å². The van der Waals surface area contributed by atoms with E-state index in [9.17, 15) is 34.7 Å². The fraction of sp³-hybridized carbons (Fsp3) is 0.500. The van der Waals surface area contributed by atoms with Crippen LogP contribution < -0.4 is 5.32 Å². The number of non-ortho nitro benzene ring substituents is 1. The number of amides is 2. The van der Waals surface area contributed by atoms with Crippen molar-refractivity contribution in [2.24, 2.45) is 11.8 Å². The van der Waals surface area contributed by atoms with Gasteiger partial charge in [0.15, 0.2) is 0 Å². The summed E-state index contributed by atoms with van der Waals surface area (Å²) in [6.45, 7) is 4.65. The number of carboxylic acids is 1. The number of ether oxygens (including phenoxy) is 1. The Morgan fingerprint density at radius 1 is 1.32 bits per heavy atom. The first-order valence-corrected chi connectivity index (χ1v) is 13.0. The monoisotopic (exact) mass is 547 g/mol. The van der Waals surface area contributed by atoms with E-state index in [2.05, 4.69) is 5.32 Å². The van der Waals surface area contributed by atoms with Gasteiger partial charge in [-0.1, -0.05) is 6.92 Å². The number of amidine groups is 1. The van der Waals surface area contributed by atoms with Gasteiger partial charge in [0.05, 0.1) is 28.8 Å². The van der Waals surface area contributed by atoms with E-state index in [1.807, 2.05) is 11.8 Å². The van der Waals surface area contributed by atoms with Gasteiger partial charge in [0.2, 0.25) is 5.91 Å². The number of nitrogens with zero attached hydrogens (tertiary/aromatic N) is 3. The topological polar surface area (TPSA) is 186 Å². The van der Waals surface area contributed by atoms with Crippen molar-refractivity contribution in [3.63, 3.8) is 0 Å². The summed E-state index contributed by atoms with van der Waals surface area (Å²) in [5.41, 5.74) is 0.556. The Morgan fingerprint density at radius 2 is 1.97 bits per heavy atom. The van der Waals surface area contributed by atoms with E-state index in [1.54, 1.807) is 6.92 Å². The lowest BCUT2D eigenvalue weighted by molar-refractivity contribution is -0.384. The van der Waals surface area contributed by atoms with Gasteiger partial charge in [-0.3, -0.25) is 20.3 Å². The Bertz CT molecular complexity index is 1180. The van der Waals surface area contributed by atoms with E-state index in [0.717, 1.165) is 0 Å². The Hall–Kier alpha value is -3.65. The minimum Gasteiger partial charge on any atom is -0.477 e. The zero-order chi connectivity index (χ0) is 27.7. The Balaban J connectivity index is 1.19. The third kappa shape index (κ3) is 5.31. The molecule has 204 valence electrons. The van der Waals surface area contributed by atoms with Crippen LogP contribution in [-0.2, 0) is 20.9 Å². The molecule has 3 aliphatic rings. The SMILES string of the molecule is C[C@@H](O)[C@H]1C(=O)N2C(C(=O)O)=C(SC3CN(C(=N)CCNC(=O)OCc4ccc([N+](=O)[O-])cc4)C3)[C@H](C)[C@H]12. The number of carbonyl (C=O) groups is 3. The van der Waals surface area contributed by atoms with Crippen LogP contribution in [0.3, 0.4) is 0 Å². The molecule has 3 heterocycles. The van der Waals surface area contributed by atoms with E-state index < -0.39 is 29.0 Å². The molecule has 2 saturated heterocycles. The summed E-state index contributed by atoms with van der Waals surface area (Å²) in [4.78, 5) is 50.2. The lowest BCUT2D eigenvalue weighted by atomic mass is 9.79. The number of hydrogen-bond donors (Lipinski definition) is 4. The molecule has 0 saturated carbocycles. The number of hydrogen-bond acceptors (Lipinski definition) is 9. The highest BCUT2D eigenvalue weighted by atomic mass is 32.2. The summed E-state index contributed by atoms with van der Waals surface area (Å²) in [6, 6.07) is 5.32. The molecule has 38 heavy (non-hydrogen) atoms. The average molecular weight is 548 g/mol. The number of aliphatic carboxylic acids is 1. The van der Waals surface area contributed by atoms with Crippen LogP contribution in [-0.4, -0.2) is 85.8 Å². The number of benzene rings is 1. The molecule has 1 aromatic carbocycles. The normalized spacial score (nSPS) is 23.3. The summed E-state index contributed by atoms with van der Waals surface area (Å²) < 4.78 is 5.09. The minimum absolute atomic E-state index is 0.000588. The van der Waals surface area contributed by atoms with Crippen molar-refractivity contribution in [3.8, 4) is 0 Å². The second-order valence-electron chi connectivity index (χ2n) is 9.54. The van der Waals surface area contributed by atoms with Gasteiger partial charge < -0.3 is 30.1 Å². The molecule has 0 unspecified atom stereocenters. The average Bonchev–Trinajstić information content (AvgIpc) is 3.07. The molecule has 2 amide bonds. The fourth-order valence-corrected chi connectivity index (χ4v) is 6.47. The first-order chi connectivity index (χ1) is 18.0. The van der Waals surface area contributed by atoms with Gasteiger partial charge in [0.25, 0.3) is 5.69 Å². The lowest BCUT2D eigenvalue weighted by Crippen LogP contribution is -2.63. The van der Waals surface area contributed by atoms with Gasteiger partial charge in [-0.05, 0) is 24.6 Å². The van der Waals surface area contributed by atoms with Crippen LogP contribution in [0.1, 0.15) is 25.8 Å². The van der Waals surface area contributed by atoms with Crippen molar-refractivity contribution in [2.75, 3.05) is 19.6 Å². The largest absolute Gasteiger partial charge is 0.477 e. The molecule has 0 aromatic heterocycles. The summed E-state index contributed by atoms with van der Waals surface area (Å²) in [7, 11) is 0. The van der Waals surface area contributed by atoms with Crippen molar-refractivity contribution in [1.29, 1.82) is 5.41 Å². The highest BCUT2D eigenvalue weighted by Crippen LogP contribution is 2.51. The third-order valence-electron chi connectivity index (χ3n) is 6.98. The number of nitro groups is 1. The Labute approximate surface area is 222 Å². The van der Waals surface area contributed by atoms with Gasteiger partial charge in [-0.2, -0.15) is 0 Å². The highest BCUT2D eigenvalue weighted by molar-refractivity contribution is 8.03. The van der Waals surface area contributed by atoms with Crippen molar-refractivity contribution in [3.05, 3.63) is 50.5 Å². The zero-order valence-electron chi connectivity index (χ0n) is 20.8. The molecule has 2 fully saturated rings. The number of aliphatic hydroxyl groups is 1. The maximum absolute atomic E-state index is 12.5. The molecule has 4 rings (SSSR count). The molecule has 3 aliphatic heterocycles. The van der Waals surface area contributed by atoms with E-state index in [4.69, 9.17) is 10.1 Å². The van der Waals surface area contributed by atoms with Gasteiger partial charge in [-0.25, -0.2) is 9.59 Å². The van der Waals surface area contributed by atoms with Crippen LogP contribution >= 0.6 is 11.8 Å². The number of carboxylic acid groups (broad SMARTS) is 1. The van der Waals surface area contributed by atoms with E-state index >= 15 is 0 Å².